The highest BCUT2D eigenvalue weighted by atomic mass is 16.7. The van der Waals surface area contributed by atoms with E-state index in [9.17, 15) is 5.11 Å². The van der Waals surface area contributed by atoms with Gasteiger partial charge in [0.15, 0.2) is 17.2 Å². The van der Waals surface area contributed by atoms with E-state index in [0.717, 1.165) is 6.42 Å². The third-order valence-electron chi connectivity index (χ3n) is 2.38. The molecule has 0 amide bonds. The molecule has 1 aromatic rings. The number of hydrogen-bond donors (Lipinski definition) is 2. The number of fused-ring (bicyclic) bond motifs is 1. The van der Waals surface area contributed by atoms with Crippen LogP contribution in [-0.4, -0.2) is 17.1 Å². The monoisotopic (exact) mass is 209 g/mol. The van der Waals surface area contributed by atoms with Gasteiger partial charge in [-0.15, -0.1) is 0 Å². The van der Waals surface area contributed by atoms with E-state index in [2.05, 4.69) is 0 Å². The van der Waals surface area contributed by atoms with Gasteiger partial charge in [0.2, 0.25) is 0 Å². The number of hydrogen-bond acceptors (Lipinski definition) is 4. The van der Waals surface area contributed by atoms with Gasteiger partial charge in [0, 0.05) is 0 Å². The van der Waals surface area contributed by atoms with Gasteiger partial charge in [-0.2, -0.15) is 0 Å². The number of benzene rings is 1. The summed E-state index contributed by atoms with van der Waals surface area (Å²) in [5.41, 5.74) is 4.28. The Labute approximate surface area is 88.6 Å². The van der Waals surface area contributed by atoms with E-state index in [4.69, 9.17) is 15.2 Å². The van der Waals surface area contributed by atoms with Gasteiger partial charge in [0.25, 0.3) is 6.29 Å². The number of rotatable bonds is 3. The second-order valence-electron chi connectivity index (χ2n) is 3.76. The smallest absolute Gasteiger partial charge is 0.283 e. The number of ether oxygens (including phenoxy) is 2. The summed E-state index contributed by atoms with van der Waals surface area (Å²) >= 11 is 0. The maximum atomic E-state index is 9.91. The molecule has 0 radical (unpaired) electrons. The average molecular weight is 209 g/mol. The van der Waals surface area contributed by atoms with Crippen LogP contribution >= 0.6 is 0 Å². The highest BCUT2D eigenvalue weighted by Crippen LogP contribution is 2.36. The maximum absolute atomic E-state index is 9.91. The summed E-state index contributed by atoms with van der Waals surface area (Å²) < 4.78 is 10.9. The molecule has 1 aliphatic heterocycles. The van der Waals surface area contributed by atoms with Gasteiger partial charge >= 0.3 is 0 Å². The lowest BCUT2D eigenvalue weighted by Crippen LogP contribution is -2.54. The molecule has 1 aliphatic rings. The molecule has 0 aromatic heterocycles. The van der Waals surface area contributed by atoms with Gasteiger partial charge < -0.3 is 14.6 Å². The molecular weight excluding hydrogens is 194 g/mol. The molecule has 1 heterocycles. The third kappa shape index (κ3) is 1.91. The second kappa shape index (κ2) is 3.72. The highest BCUT2D eigenvalue weighted by molar-refractivity contribution is 5.42. The molecule has 0 aliphatic carbocycles. The van der Waals surface area contributed by atoms with Crippen LogP contribution in [0, 0.1) is 0 Å². The molecule has 82 valence electrons. The Kier molecular flexibility index (Phi) is 2.54. The van der Waals surface area contributed by atoms with E-state index in [1.807, 2.05) is 19.1 Å². The Bertz CT molecular complexity index is 326. The fourth-order valence-corrected chi connectivity index (χ4v) is 1.62. The molecule has 0 spiro atoms. The quantitative estimate of drug-likeness (QED) is 0.735. The van der Waals surface area contributed by atoms with Crippen LogP contribution in [0.5, 0.6) is 11.5 Å². The standard InChI is InChI=1S/C11H15NO3/c1-2-7-11(12,13)10-14-8-5-3-4-6-9(8)15-10/h3-6,10,13H,2,7,12H2,1H3. The Morgan fingerprint density at radius 1 is 1.33 bits per heavy atom. The summed E-state index contributed by atoms with van der Waals surface area (Å²) in [6.45, 7) is 1.94. The van der Waals surface area contributed by atoms with E-state index < -0.39 is 12.0 Å². The van der Waals surface area contributed by atoms with Crippen molar-refractivity contribution in [3.63, 3.8) is 0 Å². The minimum absolute atomic E-state index is 0.436. The summed E-state index contributed by atoms with van der Waals surface area (Å²) in [4.78, 5) is 0. The van der Waals surface area contributed by atoms with Crippen LogP contribution in [0.15, 0.2) is 24.3 Å². The van der Waals surface area contributed by atoms with Crippen molar-refractivity contribution in [2.24, 2.45) is 5.73 Å². The molecule has 1 aromatic carbocycles. The van der Waals surface area contributed by atoms with Crippen molar-refractivity contribution in [2.45, 2.75) is 31.8 Å². The first-order valence-corrected chi connectivity index (χ1v) is 5.07. The van der Waals surface area contributed by atoms with Crippen molar-refractivity contribution in [3.8, 4) is 11.5 Å². The first-order valence-electron chi connectivity index (χ1n) is 5.07. The van der Waals surface area contributed by atoms with E-state index >= 15 is 0 Å². The summed E-state index contributed by atoms with van der Waals surface area (Å²) in [5.74, 6) is 1.25. The predicted molar refractivity (Wildman–Crippen MR) is 55.5 cm³/mol. The highest BCUT2D eigenvalue weighted by Gasteiger charge is 2.40. The molecule has 4 nitrogen and oxygen atoms in total. The second-order valence-corrected chi connectivity index (χ2v) is 3.76. The molecule has 4 heteroatoms. The lowest BCUT2D eigenvalue weighted by molar-refractivity contribution is -0.135. The fourth-order valence-electron chi connectivity index (χ4n) is 1.62. The molecule has 1 unspecified atom stereocenters. The van der Waals surface area contributed by atoms with Crippen molar-refractivity contribution in [1.82, 2.24) is 0 Å². The van der Waals surface area contributed by atoms with E-state index in [1.165, 1.54) is 0 Å². The molecular formula is C11H15NO3. The summed E-state index contributed by atoms with van der Waals surface area (Å²) in [6, 6.07) is 7.27. The fraction of sp³-hybridized carbons (Fsp3) is 0.455. The Balaban J connectivity index is 2.13. The van der Waals surface area contributed by atoms with Crippen LogP contribution in [0.25, 0.3) is 0 Å². The van der Waals surface area contributed by atoms with Gasteiger partial charge in [-0.05, 0) is 18.6 Å². The van der Waals surface area contributed by atoms with Crippen molar-refractivity contribution in [2.75, 3.05) is 0 Å². The molecule has 2 rings (SSSR count). The van der Waals surface area contributed by atoms with Crippen molar-refractivity contribution < 1.29 is 14.6 Å². The Morgan fingerprint density at radius 3 is 2.33 bits per heavy atom. The zero-order valence-electron chi connectivity index (χ0n) is 8.64. The molecule has 0 saturated heterocycles. The predicted octanol–water partition coefficient (Wildman–Crippen LogP) is 1.23. The maximum Gasteiger partial charge on any atom is 0.283 e. The lowest BCUT2D eigenvalue weighted by Gasteiger charge is -2.27. The average Bonchev–Trinajstić information content (AvgIpc) is 2.61. The van der Waals surface area contributed by atoms with Crippen LogP contribution in [0.3, 0.4) is 0 Å². The van der Waals surface area contributed by atoms with Crippen LogP contribution in [-0.2, 0) is 0 Å². The third-order valence-corrected chi connectivity index (χ3v) is 2.38. The van der Waals surface area contributed by atoms with Crippen LogP contribution in [0.2, 0.25) is 0 Å². The Morgan fingerprint density at radius 2 is 1.87 bits per heavy atom. The number of nitrogens with two attached hydrogens (primary N) is 1. The van der Waals surface area contributed by atoms with Crippen LogP contribution in [0.1, 0.15) is 19.8 Å². The molecule has 0 saturated carbocycles. The topological polar surface area (TPSA) is 64.7 Å². The van der Waals surface area contributed by atoms with E-state index in [1.54, 1.807) is 12.1 Å². The first kappa shape index (κ1) is 10.3. The van der Waals surface area contributed by atoms with Crippen LogP contribution in [0.4, 0.5) is 0 Å². The molecule has 0 fully saturated rings. The van der Waals surface area contributed by atoms with E-state index in [-0.39, 0.29) is 0 Å². The largest absolute Gasteiger partial charge is 0.447 e. The molecule has 1 atom stereocenters. The minimum atomic E-state index is -1.44. The van der Waals surface area contributed by atoms with Crippen LogP contribution < -0.4 is 15.2 Å². The van der Waals surface area contributed by atoms with Crippen molar-refractivity contribution in [3.05, 3.63) is 24.3 Å². The zero-order valence-corrected chi connectivity index (χ0v) is 8.64. The zero-order chi connectivity index (χ0) is 10.9. The number of para-hydroxylation sites is 2. The van der Waals surface area contributed by atoms with Crippen molar-refractivity contribution >= 4 is 0 Å². The summed E-state index contributed by atoms with van der Waals surface area (Å²) in [5, 5.41) is 9.91. The Hall–Kier alpha value is -1.26. The van der Waals surface area contributed by atoms with Gasteiger partial charge in [-0.25, -0.2) is 0 Å². The van der Waals surface area contributed by atoms with Crippen molar-refractivity contribution in [1.29, 1.82) is 0 Å². The molecule has 0 bridgehead atoms. The van der Waals surface area contributed by atoms with E-state index in [0.29, 0.717) is 17.9 Å². The normalized spacial score (nSPS) is 18.9. The summed E-state index contributed by atoms with van der Waals surface area (Å²) in [6.07, 6.45) is 0.396. The molecule has 3 N–H and O–H groups in total. The first-order chi connectivity index (χ1) is 7.13. The summed E-state index contributed by atoms with van der Waals surface area (Å²) in [7, 11) is 0. The number of aliphatic hydroxyl groups is 1. The molecule has 15 heavy (non-hydrogen) atoms. The van der Waals surface area contributed by atoms with Gasteiger partial charge in [-0.1, -0.05) is 25.5 Å². The van der Waals surface area contributed by atoms with Gasteiger partial charge in [0.05, 0.1) is 0 Å². The SMILES string of the molecule is CCCC(N)(O)C1Oc2ccccc2O1. The lowest BCUT2D eigenvalue weighted by atomic mass is 10.1. The van der Waals surface area contributed by atoms with Gasteiger partial charge in [-0.3, -0.25) is 5.73 Å². The van der Waals surface area contributed by atoms with Gasteiger partial charge in [0.1, 0.15) is 0 Å². The minimum Gasteiger partial charge on any atom is -0.447 e.